The minimum Gasteiger partial charge on any atom is -0.467 e. The molecule has 1 aromatic heterocycles. The van der Waals surface area contributed by atoms with Gasteiger partial charge in [-0.25, -0.2) is 4.79 Å². The first-order chi connectivity index (χ1) is 7.72. The van der Waals surface area contributed by atoms with E-state index in [0.29, 0.717) is 12.3 Å². The fraction of sp³-hybridized carbons (Fsp3) is 0.500. The second kappa shape index (κ2) is 6.86. The summed E-state index contributed by atoms with van der Waals surface area (Å²) < 4.78 is 9.75. The van der Waals surface area contributed by atoms with E-state index in [9.17, 15) is 9.90 Å². The van der Waals surface area contributed by atoms with Gasteiger partial charge >= 0.3 is 6.03 Å². The lowest BCUT2D eigenvalue weighted by molar-refractivity contribution is 0.0659. The van der Waals surface area contributed by atoms with Crippen LogP contribution < -0.4 is 10.6 Å². The summed E-state index contributed by atoms with van der Waals surface area (Å²) in [7, 11) is 1.49. The van der Waals surface area contributed by atoms with Crippen molar-refractivity contribution in [2.45, 2.75) is 12.6 Å². The van der Waals surface area contributed by atoms with Crippen LogP contribution in [0.5, 0.6) is 0 Å². The first-order valence-electron chi connectivity index (χ1n) is 4.93. The first-order valence-corrected chi connectivity index (χ1v) is 4.93. The van der Waals surface area contributed by atoms with Gasteiger partial charge in [-0.15, -0.1) is 0 Å². The molecule has 1 aromatic rings. The number of carbonyl (C=O) groups is 1. The highest BCUT2D eigenvalue weighted by Gasteiger charge is 2.06. The van der Waals surface area contributed by atoms with Gasteiger partial charge in [0.25, 0.3) is 0 Å². The van der Waals surface area contributed by atoms with Crippen molar-refractivity contribution in [3.05, 3.63) is 24.2 Å². The number of urea groups is 1. The van der Waals surface area contributed by atoms with Crippen molar-refractivity contribution < 1.29 is 19.1 Å². The van der Waals surface area contributed by atoms with Crippen LogP contribution in [-0.2, 0) is 11.3 Å². The van der Waals surface area contributed by atoms with Crippen LogP contribution >= 0.6 is 0 Å². The summed E-state index contributed by atoms with van der Waals surface area (Å²) in [5.41, 5.74) is 0. The Morgan fingerprint density at radius 2 is 2.44 bits per heavy atom. The number of carbonyl (C=O) groups excluding carboxylic acids is 1. The van der Waals surface area contributed by atoms with Crippen molar-refractivity contribution in [2.24, 2.45) is 0 Å². The largest absolute Gasteiger partial charge is 0.467 e. The maximum Gasteiger partial charge on any atom is 0.315 e. The van der Waals surface area contributed by atoms with Crippen LogP contribution in [0.25, 0.3) is 0 Å². The lowest BCUT2D eigenvalue weighted by Crippen LogP contribution is -2.40. The zero-order chi connectivity index (χ0) is 11.8. The van der Waals surface area contributed by atoms with Crippen LogP contribution in [0.2, 0.25) is 0 Å². The molecule has 1 atom stereocenters. The van der Waals surface area contributed by atoms with Crippen LogP contribution in [0, 0.1) is 0 Å². The SMILES string of the molecule is COCC(O)CNC(=O)NCc1ccco1. The number of hydrogen-bond acceptors (Lipinski definition) is 4. The first kappa shape index (κ1) is 12.5. The molecule has 0 aliphatic rings. The quantitative estimate of drug-likeness (QED) is 0.644. The molecule has 6 nitrogen and oxygen atoms in total. The molecule has 0 aliphatic heterocycles. The molecule has 0 spiro atoms. The van der Waals surface area contributed by atoms with Crippen molar-refractivity contribution in [3.63, 3.8) is 0 Å². The second-order valence-electron chi connectivity index (χ2n) is 3.25. The Balaban J connectivity index is 2.11. The summed E-state index contributed by atoms with van der Waals surface area (Å²) in [4.78, 5) is 11.2. The van der Waals surface area contributed by atoms with Crippen LogP contribution in [0.1, 0.15) is 5.76 Å². The van der Waals surface area contributed by atoms with E-state index < -0.39 is 6.10 Å². The molecule has 3 N–H and O–H groups in total. The fourth-order valence-corrected chi connectivity index (χ4v) is 1.10. The predicted octanol–water partition coefficient (Wildman–Crippen LogP) is 0.0861. The highest BCUT2D eigenvalue weighted by atomic mass is 16.5. The number of nitrogens with one attached hydrogen (secondary N) is 2. The van der Waals surface area contributed by atoms with Gasteiger partial charge in [0.05, 0.1) is 25.5 Å². The average Bonchev–Trinajstić information content (AvgIpc) is 2.77. The van der Waals surface area contributed by atoms with Crippen molar-refractivity contribution in [1.29, 1.82) is 0 Å². The topological polar surface area (TPSA) is 83.7 Å². The molecule has 0 aromatic carbocycles. The zero-order valence-corrected chi connectivity index (χ0v) is 9.10. The van der Waals surface area contributed by atoms with Crippen molar-refractivity contribution in [1.82, 2.24) is 10.6 Å². The summed E-state index contributed by atoms with van der Waals surface area (Å²) in [5.74, 6) is 0.674. The molecule has 0 radical (unpaired) electrons. The molecule has 2 amide bonds. The van der Waals surface area contributed by atoms with E-state index in [4.69, 9.17) is 9.15 Å². The normalized spacial score (nSPS) is 12.1. The summed E-state index contributed by atoms with van der Waals surface area (Å²) in [5, 5.41) is 14.4. The lowest BCUT2D eigenvalue weighted by atomic mass is 10.4. The van der Waals surface area contributed by atoms with Crippen molar-refractivity contribution >= 4 is 6.03 Å². The molecular weight excluding hydrogens is 212 g/mol. The van der Waals surface area contributed by atoms with E-state index in [1.165, 1.54) is 13.4 Å². The highest BCUT2D eigenvalue weighted by Crippen LogP contribution is 1.97. The number of ether oxygens (including phenoxy) is 1. The van der Waals surface area contributed by atoms with Gasteiger partial charge < -0.3 is 24.9 Å². The van der Waals surface area contributed by atoms with Gasteiger partial charge in [-0.05, 0) is 12.1 Å². The molecule has 0 fully saturated rings. The average molecular weight is 228 g/mol. The molecule has 1 heterocycles. The fourth-order valence-electron chi connectivity index (χ4n) is 1.10. The summed E-state index contributed by atoms with van der Waals surface area (Å²) >= 11 is 0. The number of rotatable bonds is 6. The molecule has 1 unspecified atom stereocenters. The van der Waals surface area contributed by atoms with Crippen molar-refractivity contribution in [2.75, 3.05) is 20.3 Å². The smallest absolute Gasteiger partial charge is 0.315 e. The van der Waals surface area contributed by atoms with Gasteiger partial charge in [0, 0.05) is 13.7 Å². The number of aliphatic hydroxyl groups is 1. The van der Waals surface area contributed by atoms with Gasteiger partial charge in [0.15, 0.2) is 0 Å². The molecule has 6 heteroatoms. The lowest BCUT2D eigenvalue weighted by Gasteiger charge is -2.11. The van der Waals surface area contributed by atoms with E-state index in [0.717, 1.165) is 0 Å². The molecule has 1 rings (SSSR count). The molecule has 0 aliphatic carbocycles. The third kappa shape index (κ3) is 4.81. The molecule has 0 bridgehead atoms. The van der Waals surface area contributed by atoms with Crippen molar-refractivity contribution in [3.8, 4) is 0 Å². The van der Waals surface area contributed by atoms with E-state index in [-0.39, 0.29) is 19.2 Å². The van der Waals surface area contributed by atoms with Crippen LogP contribution in [-0.4, -0.2) is 37.5 Å². The van der Waals surface area contributed by atoms with Gasteiger partial charge in [0.1, 0.15) is 5.76 Å². The van der Waals surface area contributed by atoms with E-state index >= 15 is 0 Å². The molecule has 0 saturated heterocycles. The minimum atomic E-state index is -0.695. The van der Waals surface area contributed by atoms with Crippen LogP contribution in [0.4, 0.5) is 4.79 Å². The Kier molecular flexibility index (Phi) is 5.38. The van der Waals surface area contributed by atoms with Gasteiger partial charge in [-0.2, -0.15) is 0 Å². The summed E-state index contributed by atoms with van der Waals surface area (Å²) in [6, 6.07) is 3.16. The number of furan rings is 1. The number of hydrogen-bond donors (Lipinski definition) is 3. The Labute approximate surface area is 93.6 Å². The molecule has 90 valence electrons. The van der Waals surface area contributed by atoms with Crippen LogP contribution in [0.3, 0.4) is 0 Å². The van der Waals surface area contributed by atoms with Gasteiger partial charge in [-0.3, -0.25) is 0 Å². The standard InChI is InChI=1S/C10H16N2O4/c1-15-7-8(13)5-11-10(14)12-6-9-3-2-4-16-9/h2-4,8,13H,5-7H2,1H3,(H2,11,12,14). The number of aliphatic hydroxyl groups excluding tert-OH is 1. The number of methoxy groups -OCH3 is 1. The third-order valence-electron chi connectivity index (χ3n) is 1.86. The third-order valence-corrected chi connectivity index (χ3v) is 1.86. The molecule has 16 heavy (non-hydrogen) atoms. The monoisotopic (exact) mass is 228 g/mol. The molecule has 0 saturated carbocycles. The summed E-state index contributed by atoms with van der Waals surface area (Å²) in [6.45, 7) is 0.662. The maximum absolute atomic E-state index is 11.2. The Morgan fingerprint density at radius 3 is 3.06 bits per heavy atom. The van der Waals surface area contributed by atoms with Crippen LogP contribution in [0.15, 0.2) is 22.8 Å². The second-order valence-corrected chi connectivity index (χ2v) is 3.25. The zero-order valence-electron chi connectivity index (χ0n) is 9.10. The number of amides is 2. The minimum absolute atomic E-state index is 0.151. The molecular formula is C10H16N2O4. The predicted molar refractivity (Wildman–Crippen MR) is 56.8 cm³/mol. The Morgan fingerprint density at radius 1 is 1.62 bits per heavy atom. The van der Waals surface area contributed by atoms with Gasteiger partial charge in [0.2, 0.25) is 0 Å². The van der Waals surface area contributed by atoms with E-state index in [2.05, 4.69) is 10.6 Å². The Bertz CT molecular complexity index is 300. The van der Waals surface area contributed by atoms with Gasteiger partial charge in [-0.1, -0.05) is 0 Å². The maximum atomic E-state index is 11.2. The van der Waals surface area contributed by atoms with E-state index in [1.54, 1.807) is 12.1 Å². The highest BCUT2D eigenvalue weighted by molar-refractivity contribution is 5.73. The van der Waals surface area contributed by atoms with E-state index in [1.807, 2.05) is 0 Å². The Hall–Kier alpha value is -1.53. The summed E-state index contributed by atoms with van der Waals surface area (Å²) in [6.07, 6.45) is 0.844.